The number of allylic oxidation sites excluding steroid dienone is 1. The van der Waals surface area contributed by atoms with E-state index < -0.39 is 0 Å². The van der Waals surface area contributed by atoms with Gasteiger partial charge in [0, 0.05) is 17.8 Å². The summed E-state index contributed by atoms with van der Waals surface area (Å²) < 4.78 is 0. The Morgan fingerprint density at radius 3 is 2.54 bits per heavy atom. The van der Waals surface area contributed by atoms with Crippen LogP contribution < -0.4 is 10.6 Å². The maximum atomic E-state index is 13.0. The van der Waals surface area contributed by atoms with Crippen LogP contribution in [-0.4, -0.2) is 18.0 Å². The van der Waals surface area contributed by atoms with Gasteiger partial charge in [-0.3, -0.25) is 4.79 Å². The molecule has 2 N–H and O–H groups in total. The molecule has 0 radical (unpaired) electrons. The van der Waals surface area contributed by atoms with Gasteiger partial charge in [0.15, 0.2) is 0 Å². The molecule has 3 atom stereocenters. The molecule has 1 aliphatic carbocycles. The van der Waals surface area contributed by atoms with E-state index in [0.717, 1.165) is 31.5 Å². The summed E-state index contributed by atoms with van der Waals surface area (Å²) in [6, 6.07) is 10.2. The summed E-state index contributed by atoms with van der Waals surface area (Å²) in [5, 5.41) is 6.72. The molecule has 1 aromatic carbocycles. The van der Waals surface area contributed by atoms with E-state index in [9.17, 15) is 4.79 Å². The predicted molar refractivity (Wildman–Crippen MR) is 102 cm³/mol. The van der Waals surface area contributed by atoms with E-state index in [1.807, 2.05) is 45.0 Å². The minimum Gasteiger partial charge on any atom is -0.385 e. The lowest BCUT2D eigenvalue weighted by Gasteiger charge is -2.44. The topological polar surface area (TPSA) is 41.1 Å². The molecule has 1 aromatic rings. The molecule has 0 aliphatic heterocycles. The number of nitrogens with one attached hydrogen (secondary N) is 2. The molecule has 2 rings (SSSR count). The molecule has 0 unspecified atom stereocenters. The number of hydrogen-bond acceptors (Lipinski definition) is 2. The van der Waals surface area contributed by atoms with Crippen molar-refractivity contribution in [3.8, 4) is 0 Å². The van der Waals surface area contributed by atoms with Crippen molar-refractivity contribution in [3.05, 3.63) is 43.0 Å². The second-order valence-corrected chi connectivity index (χ2v) is 8.34. The third-order valence-electron chi connectivity index (χ3n) is 5.14. The average molecular weight is 329 g/mol. The van der Waals surface area contributed by atoms with Gasteiger partial charge in [0.1, 0.15) is 0 Å². The fourth-order valence-electron chi connectivity index (χ4n) is 3.63. The van der Waals surface area contributed by atoms with E-state index in [1.165, 1.54) is 0 Å². The Balaban J connectivity index is 2.13. The van der Waals surface area contributed by atoms with E-state index in [-0.39, 0.29) is 16.9 Å². The van der Waals surface area contributed by atoms with Crippen molar-refractivity contribution in [3.63, 3.8) is 0 Å². The van der Waals surface area contributed by atoms with Crippen LogP contribution >= 0.6 is 0 Å². The lowest BCUT2D eigenvalue weighted by molar-refractivity contribution is -0.137. The van der Waals surface area contributed by atoms with Crippen molar-refractivity contribution in [2.45, 2.75) is 52.5 Å². The highest BCUT2D eigenvalue weighted by Gasteiger charge is 2.45. The van der Waals surface area contributed by atoms with Crippen LogP contribution in [-0.2, 0) is 4.79 Å². The maximum Gasteiger partial charge on any atom is 0.226 e. The second-order valence-electron chi connectivity index (χ2n) is 8.34. The fraction of sp³-hybridized carbons (Fsp3) is 0.571. The highest BCUT2D eigenvalue weighted by molar-refractivity contribution is 5.83. The molecule has 1 amide bonds. The Morgan fingerprint density at radius 1 is 1.29 bits per heavy atom. The molecule has 0 aromatic heterocycles. The number of hydrogen-bond donors (Lipinski definition) is 2. The highest BCUT2D eigenvalue weighted by atomic mass is 16.2. The zero-order chi connectivity index (χ0) is 17.8. The minimum absolute atomic E-state index is 0.168. The van der Waals surface area contributed by atoms with Crippen LogP contribution in [0.25, 0.3) is 0 Å². The summed E-state index contributed by atoms with van der Waals surface area (Å²) in [7, 11) is 0. The Hall–Kier alpha value is -1.77. The molecule has 1 aliphatic rings. The van der Waals surface area contributed by atoms with Crippen molar-refractivity contribution in [2.24, 2.45) is 17.3 Å². The zero-order valence-corrected chi connectivity index (χ0v) is 15.6. The van der Waals surface area contributed by atoms with E-state index in [1.54, 1.807) is 0 Å². The third kappa shape index (κ3) is 4.62. The number of anilines is 1. The SMILES string of the molecule is C=C[C@@H]1CC[C@@H](CNc2ccccc2)[C@@](C)(C(=O)NC(C)(C)C)C1. The summed E-state index contributed by atoms with van der Waals surface area (Å²) in [4.78, 5) is 13.0. The molecular formula is C21H32N2O. The molecule has 24 heavy (non-hydrogen) atoms. The van der Waals surface area contributed by atoms with Crippen molar-refractivity contribution in [2.75, 3.05) is 11.9 Å². The monoisotopic (exact) mass is 328 g/mol. The van der Waals surface area contributed by atoms with Gasteiger partial charge in [0.25, 0.3) is 0 Å². The molecule has 3 heteroatoms. The van der Waals surface area contributed by atoms with Crippen LogP contribution in [0.4, 0.5) is 5.69 Å². The molecule has 3 nitrogen and oxygen atoms in total. The summed E-state index contributed by atoms with van der Waals surface area (Å²) in [5.41, 5.74) is 0.534. The molecule has 132 valence electrons. The van der Waals surface area contributed by atoms with Gasteiger partial charge >= 0.3 is 0 Å². The molecule has 0 heterocycles. The Kier molecular flexibility index (Phi) is 5.74. The van der Waals surface area contributed by atoms with Gasteiger partial charge in [0.2, 0.25) is 5.91 Å². The fourth-order valence-corrected chi connectivity index (χ4v) is 3.63. The lowest BCUT2D eigenvalue weighted by Crippen LogP contribution is -2.53. The highest BCUT2D eigenvalue weighted by Crippen LogP contribution is 2.44. The smallest absolute Gasteiger partial charge is 0.226 e. The number of amides is 1. The van der Waals surface area contributed by atoms with Gasteiger partial charge < -0.3 is 10.6 Å². The minimum atomic E-state index is -0.369. The largest absolute Gasteiger partial charge is 0.385 e. The van der Waals surface area contributed by atoms with E-state index in [4.69, 9.17) is 0 Å². The van der Waals surface area contributed by atoms with Crippen molar-refractivity contribution < 1.29 is 4.79 Å². The first-order valence-electron chi connectivity index (χ1n) is 8.99. The third-order valence-corrected chi connectivity index (χ3v) is 5.14. The van der Waals surface area contributed by atoms with Crippen molar-refractivity contribution in [1.82, 2.24) is 5.32 Å². The van der Waals surface area contributed by atoms with Gasteiger partial charge in [-0.1, -0.05) is 31.2 Å². The summed E-state index contributed by atoms with van der Waals surface area (Å²) in [6.07, 6.45) is 5.05. The Bertz CT molecular complexity index is 561. The number of benzene rings is 1. The summed E-state index contributed by atoms with van der Waals surface area (Å²) in [5.74, 6) is 0.909. The molecule has 0 spiro atoms. The maximum absolute atomic E-state index is 13.0. The van der Waals surface area contributed by atoms with Crippen LogP contribution in [0.2, 0.25) is 0 Å². The normalized spacial score (nSPS) is 27.3. The van der Waals surface area contributed by atoms with Gasteiger partial charge in [-0.05, 0) is 64.0 Å². The number of carbonyl (C=O) groups excluding carboxylic acids is 1. The van der Waals surface area contributed by atoms with Gasteiger partial charge in [-0.2, -0.15) is 0 Å². The number of para-hydroxylation sites is 1. The molecule has 1 fully saturated rings. The summed E-state index contributed by atoms with van der Waals surface area (Å²) in [6.45, 7) is 13.0. The standard InChI is InChI=1S/C21H32N2O/c1-6-16-12-13-17(15-22-18-10-8-7-9-11-18)21(5,14-16)19(24)23-20(2,3)4/h6-11,16-17,22H,1,12-15H2,2-5H3,(H,23,24)/t16-,17+,21+/m1/s1. The molecular weight excluding hydrogens is 296 g/mol. The van der Waals surface area contributed by atoms with Crippen molar-refractivity contribution >= 4 is 11.6 Å². The average Bonchev–Trinajstić information content (AvgIpc) is 2.53. The molecule has 1 saturated carbocycles. The van der Waals surface area contributed by atoms with Crippen LogP contribution in [0.15, 0.2) is 43.0 Å². The first-order valence-corrected chi connectivity index (χ1v) is 8.99. The van der Waals surface area contributed by atoms with E-state index >= 15 is 0 Å². The predicted octanol–water partition coefficient (Wildman–Crippen LogP) is 4.62. The number of carbonyl (C=O) groups is 1. The number of rotatable bonds is 5. The van der Waals surface area contributed by atoms with Crippen LogP contribution in [0.5, 0.6) is 0 Å². The van der Waals surface area contributed by atoms with E-state index in [0.29, 0.717) is 11.8 Å². The van der Waals surface area contributed by atoms with Gasteiger partial charge in [-0.15, -0.1) is 6.58 Å². The van der Waals surface area contributed by atoms with Crippen LogP contribution in [0.3, 0.4) is 0 Å². The lowest BCUT2D eigenvalue weighted by atomic mass is 9.63. The Morgan fingerprint density at radius 2 is 1.96 bits per heavy atom. The zero-order valence-electron chi connectivity index (χ0n) is 15.6. The van der Waals surface area contributed by atoms with E-state index in [2.05, 4.69) is 36.3 Å². The van der Waals surface area contributed by atoms with Gasteiger partial charge in [-0.25, -0.2) is 0 Å². The quantitative estimate of drug-likeness (QED) is 0.774. The van der Waals surface area contributed by atoms with Gasteiger partial charge in [0.05, 0.1) is 5.41 Å². The Labute approximate surface area is 146 Å². The first kappa shape index (κ1) is 18.6. The van der Waals surface area contributed by atoms with Crippen molar-refractivity contribution in [1.29, 1.82) is 0 Å². The second kappa shape index (κ2) is 7.42. The molecule has 0 saturated heterocycles. The first-order chi connectivity index (χ1) is 11.2. The van der Waals surface area contributed by atoms with Crippen LogP contribution in [0.1, 0.15) is 47.0 Å². The summed E-state index contributed by atoms with van der Waals surface area (Å²) >= 11 is 0. The van der Waals surface area contributed by atoms with Crippen LogP contribution in [0, 0.1) is 17.3 Å². The molecule has 0 bridgehead atoms.